The Kier molecular flexibility index (Phi) is 3.49. The predicted octanol–water partition coefficient (Wildman–Crippen LogP) is 0.412. The summed E-state index contributed by atoms with van der Waals surface area (Å²) in [6, 6.07) is 0. The second-order valence-corrected chi connectivity index (χ2v) is 8.45. The van der Waals surface area contributed by atoms with Crippen molar-refractivity contribution in [2.75, 3.05) is 6.61 Å². The first kappa shape index (κ1) is 18.4. The van der Waals surface area contributed by atoms with Gasteiger partial charge in [-0.05, 0) is 30.6 Å². The van der Waals surface area contributed by atoms with E-state index in [9.17, 15) is 30.3 Å². The molecule has 4 rings (SSSR count). The van der Waals surface area contributed by atoms with Gasteiger partial charge in [0.1, 0.15) is 40.8 Å². The van der Waals surface area contributed by atoms with Crippen LogP contribution in [-0.2, 0) is 9.53 Å². The van der Waals surface area contributed by atoms with Crippen LogP contribution in [0.2, 0.25) is 0 Å². The van der Waals surface area contributed by atoms with Gasteiger partial charge >= 0.3 is 5.97 Å². The van der Waals surface area contributed by atoms with Crippen LogP contribution in [0.1, 0.15) is 27.2 Å². The molecule has 7 heteroatoms. The van der Waals surface area contributed by atoms with Gasteiger partial charge in [-0.2, -0.15) is 0 Å². The first-order chi connectivity index (χ1) is 12.4. The zero-order chi connectivity index (χ0) is 20.0. The van der Waals surface area contributed by atoms with Crippen LogP contribution in [0.15, 0.2) is 46.8 Å². The number of hydrogen-bond acceptors (Lipinski definition) is 7. The van der Waals surface area contributed by atoms with Crippen LogP contribution in [0.4, 0.5) is 0 Å². The Morgan fingerprint density at radius 2 is 1.89 bits per heavy atom. The van der Waals surface area contributed by atoms with Gasteiger partial charge in [0.05, 0.1) is 0 Å². The van der Waals surface area contributed by atoms with E-state index in [0.717, 1.165) is 0 Å². The standard InChI is InChI=1S/C20H24O7/c1-10(2)18(24)6-7-20(26)17(3)8-13(21)14-11(9-27-15(14)22)12(17)4-5-19(20,25)16(18)23/h4,6-8,10,16,21,23-26H,5,9H2,1-3H3. The van der Waals surface area contributed by atoms with Gasteiger partial charge in [0.15, 0.2) is 0 Å². The maximum Gasteiger partial charge on any atom is 0.342 e. The van der Waals surface area contributed by atoms with E-state index < -0.39 is 40.2 Å². The molecule has 0 amide bonds. The number of ether oxygens (including phenoxy) is 1. The smallest absolute Gasteiger partial charge is 0.342 e. The third-order valence-corrected chi connectivity index (χ3v) is 6.90. The molecule has 146 valence electrons. The number of esters is 1. The highest BCUT2D eigenvalue weighted by Gasteiger charge is 2.70. The Morgan fingerprint density at radius 1 is 1.22 bits per heavy atom. The molecule has 0 saturated carbocycles. The first-order valence-corrected chi connectivity index (χ1v) is 9.01. The molecule has 3 aliphatic carbocycles. The van der Waals surface area contributed by atoms with Gasteiger partial charge in [0, 0.05) is 17.4 Å². The van der Waals surface area contributed by atoms with E-state index in [0.29, 0.717) is 11.1 Å². The quantitative estimate of drug-likeness (QED) is 0.331. The van der Waals surface area contributed by atoms with Gasteiger partial charge in [-0.15, -0.1) is 0 Å². The van der Waals surface area contributed by atoms with E-state index in [-0.39, 0.29) is 24.4 Å². The Bertz CT molecular complexity index is 866. The second-order valence-electron chi connectivity index (χ2n) is 8.45. The molecule has 7 nitrogen and oxygen atoms in total. The summed E-state index contributed by atoms with van der Waals surface area (Å²) < 4.78 is 5.04. The number of cyclic esters (lactones) is 1. The zero-order valence-corrected chi connectivity index (χ0v) is 15.4. The van der Waals surface area contributed by atoms with E-state index in [1.54, 1.807) is 26.8 Å². The van der Waals surface area contributed by atoms with Gasteiger partial charge in [0.25, 0.3) is 0 Å². The molecule has 0 aromatic carbocycles. The van der Waals surface area contributed by atoms with Crippen molar-refractivity contribution in [1.82, 2.24) is 0 Å². The lowest BCUT2D eigenvalue weighted by atomic mass is 9.49. The molecule has 5 N–H and O–H groups in total. The molecule has 5 atom stereocenters. The van der Waals surface area contributed by atoms with E-state index in [4.69, 9.17) is 4.74 Å². The van der Waals surface area contributed by atoms with Gasteiger partial charge in [-0.25, -0.2) is 4.79 Å². The number of carbonyl (C=O) groups excluding carboxylic acids is 1. The summed E-state index contributed by atoms with van der Waals surface area (Å²) in [6.07, 6.45) is 3.76. The van der Waals surface area contributed by atoms with Crippen LogP contribution < -0.4 is 0 Å². The zero-order valence-electron chi connectivity index (χ0n) is 15.4. The van der Waals surface area contributed by atoms with Crippen LogP contribution in [0.25, 0.3) is 0 Å². The van der Waals surface area contributed by atoms with Crippen molar-refractivity contribution in [1.29, 1.82) is 0 Å². The second kappa shape index (κ2) is 5.11. The molecule has 0 radical (unpaired) electrons. The van der Waals surface area contributed by atoms with Crippen molar-refractivity contribution >= 4 is 5.97 Å². The van der Waals surface area contributed by atoms with Crippen molar-refractivity contribution < 1.29 is 35.1 Å². The van der Waals surface area contributed by atoms with Crippen LogP contribution in [0.3, 0.4) is 0 Å². The SMILES string of the molecule is CC(C)C1(O)C=CC2(O)C3(C)C=C(O)C4=C(COC4=O)C3=CCC2(O)C1O. The van der Waals surface area contributed by atoms with Gasteiger partial charge in [-0.1, -0.05) is 26.0 Å². The first-order valence-electron chi connectivity index (χ1n) is 9.01. The summed E-state index contributed by atoms with van der Waals surface area (Å²) in [6.45, 7) is 4.99. The fraction of sp³-hybridized carbons (Fsp3) is 0.550. The fourth-order valence-electron chi connectivity index (χ4n) is 5.00. The summed E-state index contributed by atoms with van der Waals surface area (Å²) in [4.78, 5) is 11.9. The van der Waals surface area contributed by atoms with Gasteiger partial charge in [0.2, 0.25) is 0 Å². The number of fused-ring (bicyclic) bond motifs is 4. The minimum absolute atomic E-state index is 0.0375. The number of hydrogen-bond donors (Lipinski definition) is 5. The van der Waals surface area contributed by atoms with Crippen molar-refractivity contribution in [2.24, 2.45) is 11.3 Å². The van der Waals surface area contributed by atoms with Crippen molar-refractivity contribution in [3.8, 4) is 0 Å². The number of aliphatic hydroxyl groups is 5. The highest BCUT2D eigenvalue weighted by atomic mass is 16.5. The summed E-state index contributed by atoms with van der Waals surface area (Å²) in [5, 5.41) is 55.3. The minimum atomic E-state index is -2.10. The average Bonchev–Trinajstić information content (AvgIpc) is 2.97. The Morgan fingerprint density at radius 3 is 2.52 bits per heavy atom. The summed E-state index contributed by atoms with van der Waals surface area (Å²) in [5.41, 5.74) is -6.11. The fourth-order valence-corrected chi connectivity index (χ4v) is 5.00. The van der Waals surface area contributed by atoms with Crippen LogP contribution in [0.5, 0.6) is 0 Å². The highest BCUT2D eigenvalue weighted by molar-refractivity contribution is 5.98. The van der Waals surface area contributed by atoms with Crippen molar-refractivity contribution in [3.63, 3.8) is 0 Å². The lowest BCUT2D eigenvalue weighted by Gasteiger charge is -2.61. The average molecular weight is 376 g/mol. The maximum absolute atomic E-state index is 11.9. The van der Waals surface area contributed by atoms with Gasteiger partial charge < -0.3 is 30.3 Å². The highest BCUT2D eigenvalue weighted by Crippen LogP contribution is 2.60. The summed E-state index contributed by atoms with van der Waals surface area (Å²) in [5.74, 6) is -1.39. The largest absolute Gasteiger partial charge is 0.507 e. The van der Waals surface area contributed by atoms with E-state index in [1.807, 2.05) is 0 Å². The van der Waals surface area contributed by atoms with Crippen LogP contribution >= 0.6 is 0 Å². The van der Waals surface area contributed by atoms with Crippen molar-refractivity contribution in [3.05, 3.63) is 46.8 Å². The van der Waals surface area contributed by atoms with Gasteiger partial charge in [-0.3, -0.25) is 0 Å². The molecule has 0 aromatic heterocycles. The Balaban J connectivity index is 1.95. The molecule has 0 saturated heterocycles. The lowest BCUT2D eigenvalue weighted by molar-refractivity contribution is -0.259. The summed E-state index contributed by atoms with van der Waals surface area (Å²) >= 11 is 0. The molecule has 27 heavy (non-hydrogen) atoms. The Labute approximate surface area is 156 Å². The van der Waals surface area contributed by atoms with Crippen LogP contribution in [-0.4, -0.2) is 61.0 Å². The van der Waals surface area contributed by atoms with E-state index >= 15 is 0 Å². The molecule has 4 aliphatic rings. The Hall–Kier alpha value is -1.93. The monoisotopic (exact) mass is 376 g/mol. The topological polar surface area (TPSA) is 127 Å². The lowest BCUT2D eigenvalue weighted by Crippen LogP contribution is -2.75. The third-order valence-electron chi connectivity index (χ3n) is 6.90. The third kappa shape index (κ3) is 1.88. The molecular weight excluding hydrogens is 352 g/mol. The molecule has 0 aromatic rings. The minimum Gasteiger partial charge on any atom is -0.507 e. The molecule has 1 heterocycles. The van der Waals surface area contributed by atoms with E-state index in [2.05, 4.69) is 0 Å². The molecule has 0 bridgehead atoms. The maximum atomic E-state index is 11.9. The van der Waals surface area contributed by atoms with Crippen LogP contribution in [0, 0.1) is 11.3 Å². The normalized spacial score (nSPS) is 45.8. The molecule has 5 unspecified atom stereocenters. The molecule has 0 spiro atoms. The number of carbonyl (C=O) groups is 1. The molecular formula is C20H24O7. The molecule has 1 aliphatic heterocycles. The molecule has 0 fully saturated rings. The van der Waals surface area contributed by atoms with E-state index in [1.165, 1.54) is 18.2 Å². The van der Waals surface area contributed by atoms with Crippen molar-refractivity contribution in [2.45, 2.75) is 50.1 Å². The predicted molar refractivity (Wildman–Crippen MR) is 94.3 cm³/mol. The number of rotatable bonds is 1. The number of aliphatic hydroxyl groups excluding tert-OH is 2. The summed E-state index contributed by atoms with van der Waals surface area (Å²) in [7, 11) is 0.